The van der Waals surface area contributed by atoms with E-state index in [9.17, 15) is 9.90 Å². The van der Waals surface area contributed by atoms with Gasteiger partial charge in [-0.1, -0.05) is 6.08 Å². The Hall–Kier alpha value is -1.03. The molecule has 1 unspecified atom stereocenters. The molecule has 4 nitrogen and oxygen atoms in total. The van der Waals surface area contributed by atoms with Crippen LogP contribution in [0.5, 0.6) is 0 Å². The molecule has 1 amide bonds. The van der Waals surface area contributed by atoms with Crippen LogP contribution in [0.15, 0.2) is 12.7 Å². The molecule has 0 radical (unpaired) electrons. The lowest BCUT2D eigenvalue weighted by Crippen LogP contribution is -2.39. The zero-order chi connectivity index (χ0) is 8.91. The van der Waals surface area contributed by atoms with Crippen LogP contribution in [0.1, 0.15) is 13.3 Å². The maximum atomic E-state index is 10.0. The van der Waals surface area contributed by atoms with E-state index in [1.165, 1.54) is 0 Å². The van der Waals surface area contributed by atoms with Gasteiger partial charge in [0.15, 0.2) is 0 Å². The highest BCUT2D eigenvalue weighted by atomic mass is 16.4. The molecule has 0 rings (SSSR count). The molecule has 1 atom stereocenters. The molecule has 0 fully saturated rings. The summed E-state index contributed by atoms with van der Waals surface area (Å²) < 4.78 is 0. The Kier molecular flexibility index (Phi) is 3.60. The monoisotopic (exact) mass is 159 g/mol. The van der Waals surface area contributed by atoms with E-state index in [2.05, 4.69) is 11.9 Å². The zero-order valence-corrected chi connectivity index (χ0v) is 6.50. The van der Waals surface area contributed by atoms with Crippen LogP contribution in [0.3, 0.4) is 0 Å². The molecule has 0 spiro atoms. The second-order valence-corrected chi connectivity index (χ2v) is 2.65. The SMILES string of the molecule is C=CCC(C)(O)CNC(=O)O. The quantitative estimate of drug-likeness (QED) is 0.525. The van der Waals surface area contributed by atoms with E-state index in [4.69, 9.17) is 5.11 Å². The van der Waals surface area contributed by atoms with Crippen molar-refractivity contribution in [3.8, 4) is 0 Å². The Morgan fingerprint density at radius 2 is 2.36 bits per heavy atom. The largest absolute Gasteiger partial charge is 0.465 e. The van der Waals surface area contributed by atoms with E-state index < -0.39 is 11.7 Å². The van der Waals surface area contributed by atoms with Gasteiger partial charge in [-0.05, 0) is 13.3 Å². The minimum Gasteiger partial charge on any atom is -0.465 e. The molecule has 64 valence electrons. The van der Waals surface area contributed by atoms with Crippen LogP contribution in [0.2, 0.25) is 0 Å². The highest BCUT2D eigenvalue weighted by Crippen LogP contribution is 2.07. The second kappa shape index (κ2) is 3.98. The highest BCUT2D eigenvalue weighted by Gasteiger charge is 2.18. The fraction of sp³-hybridized carbons (Fsp3) is 0.571. The summed E-state index contributed by atoms with van der Waals surface area (Å²) in [5.41, 5.74) is -1.03. The van der Waals surface area contributed by atoms with E-state index >= 15 is 0 Å². The molecule has 4 heteroatoms. The first-order chi connectivity index (χ1) is 4.98. The lowest BCUT2D eigenvalue weighted by Gasteiger charge is -2.20. The van der Waals surface area contributed by atoms with E-state index in [-0.39, 0.29) is 6.54 Å². The van der Waals surface area contributed by atoms with Crippen molar-refractivity contribution in [2.75, 3.05) is 6.54 Å². The number of rotatable bonds is 4. The van der Waals surface area contributed by atoms with Crippen molar-refractivity contribution in [1.29, 1.82) is 0 Å². The molecular formula is C7H13NO3. The summed E-state index contributed by atoms with van der Waals surface area (Å²) in [6.45, 7) is 5.01. The molecule has 0 saturated carbocycles. The van der Waals surface area contributed by atoms with E-state index in [0.29, 0.717) is 6.42 Å². The van der Waals surface area contributed by atoms with Crippen LogP contribution in [-0.4, -0.2) is 28.5 Å². The Bertz CT molecular complexity index is 154. The first kappa shape index (κ1) is 9.97. The molecule has 3 N–H and O–H groups in total. The van der Waals surface area contributed by atoms with Gasteiger partial charge in [-0.25, -0.2) is 4.79 Å². The third-order valence-corrected chi connectivity index (χ3v) is 1.20. The summed E-state index contributed by atoms with van der Waals surface area (Å²) in [4.78, 5) is 10.0. The van der Waals surface area contributed by atoms with Crippen LogP contribution >= 0.6 is 0 Å². The summed E-state index contributed by atoms with van der Waals surface area (Å²) in [5.74, 6) is 0. The molecule has 0 aliphatic carbocycles. The van der Waals surface area contributed by atoms with Crippen LogP contribution in [-0.2, 0) is 0 Å². The predicted molar refractivity (Wildman–Crippen MR) is 41.5 cm³/mol. The Morgan fingerprint density at radius 3 is 2.73 bits per heavy atom. The van der Waals surface area contributed by atoms with Crippen LogP contribution in [0, 0.1) is 0 Å². The van der Waals surface area contributed by atoms with Crippen molar-refractivity contribution >= 4 is 6.09 Å². The maximum absolute atomic E-state index is 10.0. The number of amides is 1. The van der Waals surface area contributed by atoms with Crippen molar-refractivity contribution in [1.82, 2.24) is 5.32 Å². The third-order valence-electron chi connectivity index (χ3n) is 1.20. The van der Waals surface area contributed by atoms with Gasteiger partial charge in [0.25, 0.3) is 0 Å². The summed E-state index contributed by atoms with van der Waals surface area (Å²) in [7, 11) is 0. The van der Waals surface area contributed by atoms with Crippen LogP contribution < -0.4 is 5.32 Å². The van der Waals surface area contributed by atoms with E-state index in [0.717, 1.165) is 0 Å². The van der Waals surface area contributed by atoms with Crippen LogP contribution in [0.25, 0.3) is 0 Å². The van der Waals surface area contributed by atoms with Crippen molar-refractivity contribution in [2.24, 2.45) is 0 Å². The highest BCUT2D eigenvalue weighted by molar-refractivity contribution is 5.64. The average Bonchev–Trinajstić information content (AvgIpc) is 1.84. The lowest BCUT2D eigenvalue weighted by atomic mass is 10.0. The van der Waals surface area contributed by atoms with Crippen LogP contribution in [0.4, 0.5) is 4.79 Å². The maximum Gasteiger partial charge on any atom is 0.404 e. The lowest BCUT2D eigenvalue weighted by molar-refractivity contribution is 0.0624. The fourth-order valence-corrected chi connectivity index (χ4v) is 0.649. The molecule has 0 aromatic rings. The summed E-state index contributed by atoms with van der Waals surface area (Å²) >= 11 is 0. The molecule has 0 aromatic heterocycles. The van der Waals surface area contributed by atoms with Crippen molar-refractivity contribution < 1.29 is 15.0 Å². The standard InChI is InChI=1S/C7H13NO3/c1-3-4-7(2,11)5-8-6(9)10/h3,8,11H,1,4-5H2,2H3,(H,9,10). The minimum absolute atomic E-state index is 0.0222. The molecule has 0 heterocycles. The van der Waals surface area contributed by atoms with Gasteiger partial charge in [0.1, 0.15) is 0 Å². The molecule has 0 aromatic carbocycles. The van der Waals surface area contributed by atoms with Gasteiger partial charge in [0.05, 0.1) is 5.60 Å². The van der Waals surface area contributed by atoms with Crippen molar-refractivity contribution in [2.45, 2.75) is 18.9 Å². The normalized spacial score (nSPS) is 15.1. The van der Waals surface area contributed by atoms with Crippen molar-refractivity contribution in [3.63, 3.8) is 0 Å². The Labute approximate surface area is 65.5 Å². The zero-order valence-electron chi connectivity index (χ0n) is 6.50. The first-order valence-electron chi connectivity index (χ1n) is 3.28. The Morgan fingerprint density at radius 1 is 1.82 bits per heavy atom. The number of carboxylic acid groups (broad SMARTS) is 1. The number of hydrogen-bond donors (Lipinski definition) is 3. The molecule has 0 bridgehead atoms. The fourth-order valence-electron chi connectivity index (χ4n) is 0.649. The number of aliphatic hydroxyl groups is 1. The summed E-state index contributed by atoms with van der Waals surface area (Å²) in [6, 6.07) is 0. The second-order valence-electron chi connectivity index (χ2n) is 2.65. The van der Waals surface area contributed by atoms with Gasteiger partial charge in [-0.2, -0.15) is 0 Å². The van der Waals surface area contributed by atoms with E-state index in [1.54, 1.807) is 13.0 Å². The molecule has 0 saturated heterocycles. The molecule has 0 aliphatic heterocycles. The third kappa shape index (κ3) is 5.42. The van der Waals surface area contributed by atoms with E-state index in [1.807, 2.05) is 0 Å². The summed E-state index contributed by atoms with van der Waals surface area (Å²) in [6.07, 6.45) is 0.783. The summed E-state index contributed by atoms with van der Waals surface area (Å²) in [5, 5.41) is 19.7. The molecular weight excluding hydrogens is 146 g/mol. The van der Waals surface area contributed by atoms with Crippen molar-refractivity contribution in [3.05, 3.63) is 12.7 Å². The van der Waals surface area contributed by atoms with Gasteiger partial charge >= 0.3 is 6.09 Å². The van der Waals surface area contributed by atoms with Gasteiger partial charge in [-0.15, -0.1) is 6.58 Å². The topological polar surface area (TPSA) is 69.6 Å². The number of hydrogen-bond acceptors (Lipinski definition) is 2. The average molecular weight is 159 g/mol. The van der Waals surface area contributed by atoms with Gasteiger partial charge in [0, 0.05) is 6.54 Å². The molecule has 11 heavy (non-hydrogen) atoms. The first-order valence-corrected chi connectivity index (χ1v) is 3.28. The van der Waals surface area contributed by atoms with Gasteiger partial charge in [-0.3, -0.25) is 0 Å². The smallest absolute Gasteiger partial charge is 0.404 e. The minimum atomic E-state index is -1.13. The molecule has 0 aliphatic rings. The predicted octanol–water partition coefficient (Wildman–Crippen LogP) is 0.581. The Balaban J connectivity index is 3.71. The van der Waals surface area contributed by atoms with Gasteiger partial charge in [0.2, 0.25) is 0 Å². The number of carbonyl (C=O) groups is 1. The number of nitrogens with one attached hydrogen (secondary N) is 1. The van der Waals surface area contributed by atoms with Gasteiger partial charge < -0.3 is 15.5 Å².